The first-order chi connectivity index (χ1) is 14.7. The lowest BCUT2D eigenvalue weighted by molar-refractivity contribution is 0.101. The summed E-state index contributed by atoms with van der Waals surface area (Å²) in [5, 5.41) is 5.33. The van der Waals surface area contributed by atoms with Gasteiger partial charge in [0.05, 0.1) is 5.69 Å². The van der Waals surface area contributed by atoms with Crippen LogP contribution in [0.2, 0.25) is 0 Å². The van der Waals surface area contributed by atoms with Crippen molar-refractivity contribution in [1.29, 1.82) is 0 Å². The van der Waals surface area contributed by atoms with Gasteiger partial charge in [-0.15, -0.1) is 11.3 Å². The summed E-state index contributed by atoms with van der Waals surface area (Å²) in [6.45, 7) is 0.602. The number of nitrogens with zero attached hydrogens (tertiary/aromatic N) is 4. The topological polar surface area (TPSA) is 85.8 Å². The van der Waals surface area contributed by atoms with Crippen molar-refractivity contribution in [3.8, 4) is 0 Å². The molecular formula is C22H19N5O2S. The second-order valence-corrected chi connectivity index (χ2v) is 7.98. The maximum absolute atomic E-state index is 12.7. The van der Waals surface area contributed by atoms with Crippen LogP contribution in [0.5, 0.6) is 0 Å². The van der Waals surface area contributed by atoms with Crippen LogP contribution in [0, 0.1) is 0 Å². The lowest BCUT2D eigenvalue weighted by atomic mass is 10.2. The molecule has 4 aromatic heterocycles. The van der Waals surface area contributed by atoms with Gasteiger partial charge in [0.15, 0.2) is 11.0 Å². The molecule has 4 heterocycles. The smallest absolute Gasteiger partial charge is 0.274 e. The number of aromatic nitrogens is 4. The maximum atomic E-state index is 12.7. The predicted octanol–water partition coefficient (Wildman–Crippen LogP) is 4.68. The van der Waals surface area contributed by atoms with Crippen LogP contribution in [0.4, 0.5) is 5.13 Å². The number of hydrogen-bond acceptors (Lipinski definition) is 6. The molecule has 0 bridgehead atoms. The van der Waals surface area contributed by atoms with Gasteiger partial charge in [0.2, 0.25) is 0 Å². The predicted molar refractivity (Wildman–Crippen MR) is 115 cm³/mol. The molecule has 1 N–H and O–H groups in total. The Kier molecular flexibility index (Phi) is 4.98. The highest BCUT2D eigenvalue weighted by Gasteiger charge is 2.28. The van der Waals surface area contributed by atoms with Crippen molar-refractivity contribution in [3.05, 3.63) is 83.0 Å². The summed E-state index contributed by atoms with van der Waals surface area (Å²) in [6, 6.07) is 7.53. The number of amides is 1. The number of rotatable bonds is 7. The molecule has 4 aromatic rings. The Balaban J connectivity index is 1.23. The summed E-state index contributed by atoms with van der Waals surface area (Å²) >= 11 is 1.38. The number of carbonyl (C=O) groups is 1. The standard InChI is InChI=1S/C22H19N5O2S/c28-20(19-2-1-11-27(19)12-15-7-9-23-10-8-15)26-22-25-18(14-30-22)6-5-17-13-29-21(24-17)16-3-4-16/h1-2,5-11,13-14,16H,3-4,12H2,(H,25,26,28)/b6-5+. The third-order valence-corrected chi connectivity index (χ3v) is 5.57. The molecular weight excluding hydrogens is 398 g/mol. The van der Waals surface area contributed by atoms with E-state index in [0.29, 0.717) is 23.3 Å². The fourth-order valence-corrected chi connectivity index (χ4v) is 3.76. The van der Waals surface area contributed by atoms with E-state index in [4.69, 9.17) is 4.42 Å². The second kappa shape index (κ2) is 8.08. The average molecular weight is 417 g/mol. The van der Waals surface area contributed by atoms with E-state index in [2.05, 4.69) is 20.3 Å². The van der Waals surface area contributed by atoms with Crippen LogP contribution in [0.1, 0.15) is 52.1 Å². The monoisotopic (exact) mass is 417 g/mol. The third-order valence-electron chi connectivity index (χ3n) is 4.80. The minimum atomic E-state index is -0.190. The van der Waals surface area contributed by atoms with E-state index in [9.17, 15) is 4.79 Å². The summed E-state index contributed by atoms with van der Waals surface area (Å²) < 4.78 is 7.39. The normalized spacial score (nSPS) is 13.7. The molecule has 0 aliphatic heterocycles. The lowest BCUT2D eigenvalue weighted by Crippen LogP contribution is -2.17. The fraction of sp³-hybridized carbons (Fsp3) is 0.182. The molecule has 0 unspecified atom stereocenters. The highest BCUT2D eigenvalue weighted by atomic mass is 32.1. The summed E-state index contributed by atoms with van der Waals surface area (Å²) in [6.07, 6.45) is 13.1. The number of oxazole rings is 1. The van der Waals surface area contributed by atoms with Crippen LogP contribution in [-0.4, -0.2) is 25.4 Å². The lowest BCUT2D eigenvalue weighted by Gasteiger charge is -2.08. The van der Waals surface area contributed by atoms with Gasteiger partial charge >= 0.3 is 0 Å². The van der Waals surface area contributed by atoms with Crippen LogP contribution in [0.15, 0.2) is 58.9 Å². The van der Waals surface area contributed by atoms with Crippen molar-refractivity contribution in [3.63, 3.8) is 0 Å². The van der Waals surface area contributed by atoms with E-state index in [-0.39, 0.29) is 5.91 Å². The van der Waals surface area contributed by atoms with Crippen molar-refractivity contribution >= 4 is 34.5 Å². The quantitative estimate of drug-likeness (QED) is 0.472. The van der Waals surface area contributed by atoms with Gasteiger partial charge in [0.25, 0.3) is 5.91 Å². The van der Waals surface area contributed by atoms with Gasteiger partial charge in [-0.05, 0) is 54.8 Å². The van der Waals surface area contributed by atoms with Gasteiger partial charge in [-0.25, -0.2) is 9.97 Å². The molecule has 7 nitrogen and oxygen atoms in total. The van der Waals surface area contributed by atoms with Gasteiger partial charge in [-0.3, -0.25) is 15.1 Å². The summed E-state index contributed by atoms with van der Waals surface area (Å²) in [5.41, 5.74) is 3.20. The summed E-state index contributed by atoms with van der Waals surface area (Å²) in [4.78, 5) is 25.7. The van der Waals surface area contributed by atoms with Crippen molar-refractivity contribution in [2.75, 3.05) is 5.32 Å². The molecule has 1 saturated carbocycles. The van der Waals surface area contributed by atoms with Crippen molar-refractivity contribution < 1.29 is 9.21 Å². The zero-order valence-electron chi connectivity index (χ0n) is 16.1. The molecule has 30 heavy (non-hydrogen) atoms. The maximum Gasteiger partial charge on any atom is 0.274 e. The Hall–Kier alpha value is -3.52. The van der Waals surface area contributed by atoms with Crippen molar-refractivity contribution in [2.24, 2.45) is 0 Å². The highest BCUT2D eigenvalue weighted by molar-refractivity contribution is 7.14. The summed E-state index contributed by atoms with van der Waals surface area (Å²) in [5.74, 6) is 1.12. The number of thiazole rings is 1. The number of anilines is 1. The zero-order valence-corrected chi connectivity index (χ0v) is 16.9. The largest absolute Gasteiger partial charge is 0.448 e. The van der Waals surface area contributed by atoms with E-state index in [0.717, 1.165) is 35.7 Å². The van der Waals surface area contributed by atoms with Crippen LogP contribution >= 0.6 is 11.3 Å². The number of nitrogens with one attached hydrogen (secondary N) is 1. The van der Waals surface area contributed by atoms with Gasteiger partial charge in [0, 0.05) is 36.4 Å². The van der Waals surface area contributed by atoms with Crippen LogP contribution < -0.4 is 5.32 Å². The van der Waals surface area contributed by atoms with Crippen LogP contribution in [0.3, 0.4) is 0 Å². The number of carbonyl (C=O) groups excluding carboxylic acids is 1. The van der Waals surface area contributed by atoms with Crippen LogP contribution in [0.25, 0.3) is 12.2 Å². The first-order valence-corrected chi connectivity index (χ1v) is 10.6. The van der Waals surface area contributed by atoms with Crippen molar-refractivity contribution in [1.82, 2.24) is 19.5 Å². The Bertz CT molecular complexity index is 1190. The molecule has 1 amide bonds. The third kappa shape index (κ3) is 4.23. The molecule has 0 saturated heterocycles. The molecule has 1 aliphatic rings. The minimum absolute atomic E-state index is 0.190. The molecule has 1 aliphatic carbocycles. The molecule has 1 fully saturated rings. The molecule has 0 radical (unpaired) electrons. The fourth-order valence-electron chi connectivity index (χ4n) is 3.09. The Morgan fingerprint density at radius 2 is 2.03 bits per heavy atom. The van der Waals surface area contributed by atoms with Crippen LogP contribution in [-0.2, 0) is 6.54 Å². The first kappa shape index (κ1) is 18.5. The van der Waals surface area contributed by atoms with Crippen molar-refractivity contribution in [2.45, 2.75) is 25.3 Å². The van der Waals surface area contributed by atoms with E-state index in [1.54, 1.807) is 24.7 Å². The zero-order chi connectivity index (χ0) is 20.3. The SMILES string of the molecule is O=C(Nc1nc(/C=C/c2coc(C3CC3)n2)cs1)c1cccn1Cc1ccncc1. The molecule has 0 atom stereocenters. The summed E-state index contributed by atoms with van der Waals surface area (Å²) in [7, 11) is 0. The molecule has 0 spiro atoms. The van der Waals surface area contributed by atoms with E-state index in [1.807, 2.05) is 46.5 Å². The Labute approximate surface area is 177 Å². The molecule has 150 valence electrons. The van der Waals surface area contributed by atoms with E-state index >= 15 is 0 Å². The number of pyridine rings is 1. The molecule has 5 rings (SSSR count). The van der Waals surface area contributed by atoms with Gasteiger partial charge in [0.1, 0.15) is 17.7 Å². The minimum Gasteiger partial charge on any atom is -0.448 e. The van der Waals surface area contributed by atoms with Gasteiger partial charge in [-0.1, -0.05) is 0 Å². The van der Waals surface area contributed by atoms with E-state index < -0.39 is 0 Å². The number of hydrogen-bond donors (Lipinski definition) is 1. The Morgan fingerprint density at radius 3 is 2.87 bits per heavy atom. The first-order valence-electron chi connectivity index (χ1n) is 9.69. The highest BCUT2D eigenvalue weighted by Crippen LogP contribution is 2.39. The average Bonchev–Trinajstić information content (AvgIpc) is 3.14. The van der Waals surface area contributed by atoms with E-state index in [1.165, 1.54) is 11.3 Å². The Morgan fingerprint density at radius 1 is 1.20 bits per heavy atom. The second-order valence-electron chi connectivity index (χ2n) is 7.13. The molecule has 0 aromatic carbocycles. The van der Waals surface area contributed by atoms with Gasteiger partial charge < -0.3 is 8.98 Å². The molecule has 8 heteroatoms. The van der Waals surface area contributed by atoms with Gasteiger partial charge in [-0.2, -0.15) is 0 Å².